The van der Waals surface area contributed by atoms with Gasteiger partial charge in [-0.05, 0) is 49.5 Å². The summed E-state index contributed by atoms with van der Waals surface area (Å²) in [6.45, 7) is 2.49. The third-order valence-corrected chi connectivity index (χ3v) is 4.82. The van der Waals surface area contributed by atoms with Crippen LogP contribution in [0.2, 0.25) is 0 Å². The molecule has 0 amide bonds. The van der Waals surface area contributed by atoms with Crippen LogP contribution in [0.3, 0.4) is 0 Å². The van der Waals surface area contributed by atoms with E-state index in [-0.39, 0.29) is 17.5 Å². The van der Waals surface area contributed by atoms with Gasteiger partial charge in [0.05, 0.1) is 7.11 Å². The molecule has 2 aromatic rings. The average molecular weight is 333 g/mol. The van der Waals surface area contributed by atoms with E-state index in [0.29, 0.717) is 6.54 Å². The lowest BCUT2D eigenvalue weighted by atomic mass is 9.90. The van der Waals surface area contributed by atoms with E-state index < -0.39 is 6.10 Å². The van der Waals surface area contributed by atoms with E-state index >= 15 is 0 Å². The Morgan fingerprint density at radius 2 is 2.12 bits per heavy atom. The molecule has 1 aliphatic rings. The summed E-state index contributed by atoms with van der Waals surface area (Å²) >= 11 is 0. The van der Waals surface area contributed by atoms with E-state index in [2.05, 4.69) is 9.88 Å². The molecule has 0 saturated carbocycles. The fourth-order valence-corrected chi connectivity index (χ4v) is 3.37. The number of methoxy groups -OCH3 is 1. The van der Waals surface area contributed by atoms with Gasteiger partial charge in [0, 0.05) is 26.0 Å². The first-order valence-electron chi connectivity index (χ1n) is 8.28. The lowest BCUT2D eigenvalue weighted by molar-refractivity contribution is 0.0492. The molecular formula is C18H24FN3O2. The summed E-state index contributed by atoms with van der Waals surface area (Å²) < 4.78 is 20.6. The second-order valence-corrected chi connectivity index (χ2v) is 6.42. The van der Waals surface area contributed by atoms with Gasteiger partial charge in [-0.25, -0.2) is 9.37 Å². The third kappa shape index (κ3) is 3.60. The van der Waals surface area contributed by atoms with Crippen LogP contribution in [0.15, 0.2) is 30.6 Å². The number of aliphatic hydroxyl groups excluding tert-OH is 1. The van der Waals surface area contributed by atoms with Crippen LogP contribution in [0.25, 0.3) is 0 Å². The van der Waals surface area contributed by atoms with Crippen molar-refractivity contribution in [2.45, 2.75) is 25.5 Å². The molecule has 0 bridgehead atoms. The normalized spacial score (nSPS) is 17.8. The van der Waals surface area contributed by atoms with E-state index in [1.165, 1.54) is 13.2 Å². The van der Waals surface area contributed by atoms with Crippen molar-refractivity contribution in [1.82, 2.24) is 14.5 Å². The zero-order valence-electron chi connectivity index (χ0n) is 14.2. The fourth-order valence-electron chi connectivity index (χ4n) is 3.37. The number of hydrogen-bond donors (Lipinski definition) is 1. The zero-order chi connectivity index (χ0) is 17.1. The van der Waals surface area contributed by atoms with Gasteiger partial charge in [-0.15, -0.1) is 0 Å². The number of nitrogens with zero attached hydrogens (tertiary/aromatic N) is 3. The maximum absolute atomic E-state index is 13.8. The molecule has 5 nitrogen and oxygen atoms in total. The van der Waals surface area contributed by atoms with Crippen LogP contribution in [0.5, 0.6) is 5.75 Å². The number of benzene rings is 1. The Hall–Kier alpha value is -1.92. The molecule has 1 atom stereocenters. The van der Waals surface area contributed by atoms with Crippen LogP contribution < -0.4 is 4.74 Å². The number of imidazole rings is 1. The number of aryl methyl sites for hydroxylation is 1. The van der Waals surface area contributed by atoms with Gasteiger partial charge in [0.1, 0.15) is 11.9 Å². The minimum atomic E-state index is -0.523. The van der Waals surface area contributed by atoms with Gasteiger partial charge in [-0.2, -0.15) is 0 Å². The topological polar surface area (TPSA) is 50.5 Å². The summed E-state index contributed by atoms with van der Waals surface area (Å²) in [5, 5.41) is 10.5. The molecule has 0 spiro atoms. The number of aromatic nitrogens is 2. The number of halogens is 1. The lowest BCUT2D eigenvalue weighted by Crippen LogP contribution is -2.35. The largest absolute Gasteiger partial charge is 0.494 e. The molecule has 1 N–H and O–H groups in total. The predicted octanol–water partition coefficient (Wildman–Crippen LogP) is 2.51. The number of likely N-dealkylation sites (tertiary alicyclic amines) is 1. The highest BCUT2D eigenvalue weighted by atomic mass is 19.1. The monoisotopic (exact) mass is 333 g/mol. The summed E-state index contributed by atoms with van der Waals surface area (Å²) in [6.07, 6.45) is 4.86. The Morgan fingerprint density at radius 3 is 2.71 bits per heavy atom. The molecule has 130 valence electrons. The van der Waals surface area contributed by atoms with Crippen molar-refractivity contribution in [3.05, 3.63) is 47.8 Å². The van der Waals surface area contributed by atoms with Crippen molar-refractivity contribution >= 4 is 0 Å². The summed E-state index contributed by atoms with van der Waals surface area (Å²) in [4.78, 5) is 6.54. The molecule has 2 heterocycles. The number of ether oxygens (including phenoxy) is 1. The smallest absolute Gasteiger partial charge is 0.165 e. The Bertz CT molecular complexity index is 681. The van der Waals surface area contributed by atoms with E-state index in [9.17, 15) is 9.50 Å². The highest BCUT2D eigenvalue weighted by Crippen LogP contribution is 2.30. The van der Waals surface area contributed by atoms with E-state index in [4.69, 9.17) is 4.74 Å². The van der Waals surface area contributed by atoms with Gasteiger partial charge in [-0.3, -0.25) is 4.90 Å². The third-order valence-electron chi connectivity index (χ3n) is 4.82. The molecular weight excluding hydrogens is 309 g/mol. The number of aliphatic hydroxyl groups is 1. The van der Waals surface area contributed by atoms with Crippen molar-refractivity contribution < 1.29 is 14.2 Å². The molecule has 1 aromatic heterocycles. The van der Waals surface area contributed by atoms with E-state index in [1.807, 2.05) is 23.9 Å². The van der Waals surface area contributed by atoms with Crippen LogP contribution in [0.1, 0.15) is 30.3 Å². The summed E-state index contributed by atoms with van der Waals surface area (Å²) in [5.41, 5.74) is 0.941. The minimum Gasteiger partial charge on any atom is -0.494 e. The molecule has 6 heteroatoms. The summed E-state index contributed by atoms with van der Waals surface area (Å²) in [7, 11) is 3.37. The maximum atomic E-state index is 13.8. The molecule has 24 heavy (non-hydrogen) atoms. The van der Waals surface area contributed by atoms with Crippen LogP contribution in [-0.4, -0.2) is 39.8 Å². The second-order valence-electron chi connectivity index (χ2n) is 6.42. The van der Waals surface area contributed by atoms with Gasteiger partial charge in [-0.1, -0.05) is 6.07 Å². The molecule has 1 aliphatic heterocycles. The molecule has 1 unspecified atom stereocenters. The molecule has 0 aliphatic carbocycles. The van der Waals surface area contributed by atoms with Crippen molar-refractivity contribution in [2.75, 3.05) is 20.2 Å². The number of rotatable bonds is 5. The van der Waals surface area contributed by atoms with Crippen molar-refractivity contribution in [2.24, 2.45) is 13.0 Å². The SMILES string of the molecule is COc1ccc(CN2CCC(C(O)c3nccn3C)CC2)cc1F. The lowest BCUT2D eigenvalue weighted by Gasteiger charge is -2.34. The first-order chi connectivity index (χ1) is 11.6. The first kappa shape index (κ1) is 16.9. The highest BCUT2D eigenvalue weighted by molar-refractivity contribution is 5.29. The fraction of sp³-hybridized carbons (Fsp3) is 0.500. The van der Waals surface area contributed by atoms with Crippen molar-refractivity contribution in [3.63, 3.8) is 0 Å². The van der Waals surface area contributed by atoms with Gasteiger partial charge in [0.25, 0.3) is 0 Å². The van der Waals surface area contributed by atoms with Crippen LogP contribution in [0.4, 0.5) is 4.39 Å². The van der Waals surface area contributed by atoms with Gasteiger partial charge < -0.3 is 14.4 Å². The Balaban J connectivity index is 1.55. The number of piperidine rings is 1. The van der Waals surface area contributed by atoms with Gasteiger partial charge in [0.15, 0.2) is 11.6 Å². The molecule has 3 rings (SSSR count). The molecule has 1 fully saturated rings. The van der Waals surface area contributed by atoms with Crippen LogP contribution in [-0.2, 0) is 13.6 Å². The van der Waals surface area contributed by atoms with Crippen molar-refractivity contribution in [3.8, 4) is 5.75 Å². The predicted molar refractivity (Wildman–Crippen MR) is 89.1 cm³/mol. The highest BCUT2D eigenvalue weighted by Gasteiger charge is 2.28. The van der Waals surface area contributed by atoms with E-state index in [1.54, 1.807) is 12.3 Å². The Labute approximate surface area is 141 Å². The second kappa shape index (κ2) is 7.32. The number of hydrogen-bond acceptors (Lipinski definition) is 4. The van der Waals surface area contributed by atoms with Crippen LogP contribution in [0, 0.1) is 11.7 Å². The molecule has 0 radical (unpaired) electrons. The standard InChI is InChI=1S/C18H24FN3O2/c1-21-10-7-20-18(21)17(23)14-5-8-22(9-6-14)12-13-3-4-16(24-2)15(19)11-13/h3-4,7,10-11,14,17,23H,5-6,8-9,12H2,1-2H3. The average Bonchev–Trinajstić information content (AvgIpc) is 3.01. The van der Waals surface area contributed by atoms with Crippen molar-refractivity contribution in [1.29, 1.82) is 0 Å². The first-order valence-corrected chi connectivity index (χ1v) is 8.28. The van der Waals surface area contributed by atoms with Gasteiger partial charge >= 0.3 is 0 Å². The van der Waals surface area contributed by atoms with Crippen LogP contribution >= 0.6 is 0 Å². The molecule has 1 aromatic carbocycles. The Morgan fingerprint density at radius 1 is 1.38 bits per heavy atom. The minimum absolute atomic E-state index is 0.218. The maximum Gasteiger partial charge on any atom is 0.165 e. The zero-order valence-corrected chi connectivity index (χ0v) is 14.2. The van der Waals surface area contributed by atoms with E-state index in [0.717, 1.165) is 37.3 Å². The summed E-state index contributed by atoms with van der Waals surface area (Å²) in [5.74, 6) is 0.895. The van der Waals surface area contributed by atoms with Gasteiger partial charge in [0.2, 0.25) is 0 Å². The quantitative estimate of drug-likeness (QED) is 0.913. The summed E-state index contributed by atoms with van der Waals surface area (Å²) in [6, 6.07) is 5.10. The Kier molecular flexibility index (Phi) is 5.16. The molecule has 1 saturated heterocycles.